The first-order valence-corrected chi connectivity index (χ1v) is 12.2. The molecule has 0 aliphatic heterocycles. The number of benzene rings is 3. The molecule has 0 bridgehead atoms. The van der Waals surface area contributed by atoms with E-state index >= 15 is 0 Å². The van der Waals surface area contributed by atoms with Crippen molar-refractivity contribution in [2.45, 2.75) is 25.0 Å². The van der Waals surface area contributed by atoms with Crippen LogP contribution in [0.2, 0.25) is 15.1 Å². The quantitative estimate of drug-likeness (QED) is 0.371. The minimum absolute atomic E-state index is 0.0415. The lowest BCUT2D eigenvalue weighted by Gasteiger charge is -2.16. The van der Waals surface area contributed by atoms with E-state index in [2.05, 4.69) is 5.32 Å². The molecule has 0 atom stereocenters. The number of rotatable bonds is 9. The number of nitrogens with one attached hydrogen (secondary N) is 1. The van der Waals surface area contributed by atoms with E-state index in [-0.39, 0.29) is 11.5 Å². The van der Waals surface area contributed by atoms with Crippen molar-refractivity contribution in [1.29, 1.82) is 0 Å². The summed E-state index contributed by atoms with van der Waals surface area (Å²) < 4.78 is 34.4. The minimum atomic E-state index is -3.74. The Hall–Kier alpha value is -2.16. The van der Waals surface area contributed by atoms with E-state index in [0.717, 1.165) is 5.56 Å². The maximum Gasteiger partial charge on any atom is 0.238 e. The third kappa shape index (κ3) is 6.21. The molecule has 3 aromatic rings. The van der Waals surface area contributed by atoms with Crippen LogP contribution in [0.5, 0.6) is 11.5 Å². The predicted octanol–water partition coefficient (Wildman–Crippen LogP) is 5.88. The molecule has 6 nitrogen and oxygen atoms in total. The van der Waals surface area contributed by atoms with Gasteiger partial charge in [-0.3, -0.25) is 0 Å². The largest absolute Gasteiger partial charge is 0.490 e. The molecule has 3 N–H and O–H groups in total. The molecule has 0 fully saturated rings. The summed E-state index contributed by atoms with van der Waals surface area (Å²) in [5.41, 5.74) is 2.15. The summed E-state index contributed by atoms with van der Waals surface area (Å²) in [6.45, 7) is 2.84. The molecule has 0 heterocycles. The molecule has 0 amide bonds. The van der Waals surface area contributed by atoms with Crippen LogP contribution in [-0.2, 0) is 23.2 Å². The first kappa shape index (κ1) is 24.5. The molecule has 0 saturated carbocycles. The normalized spacial score (nSPS) is 11.3. The highest BCUT2D eigenvalue weighted by Gasteiger charge is 2.14. The van der Waals surface area contributed by atoms with Gasteiger partial charge in [0.25, 0.3) is 0 Å². The number of halogens is 3. The SMILES string of the molecule is CCOc1cc(CNc2ccc(S(N)(=O)=O)cc2)c(Cl)cc1OCc1c(Cl)cccc1Cl. The summed E-state index contributed by atoms with van der Waals surface area (Å²) in [4.78, 5) is 0.0415. The molecule has 32 heavy (non-hydrogen) atoms. The molecule has 3 aromatic carbocycles. The number of ether oxygens (including phenoxy) is 2. The molecule has 3 rings (SSSR count). The molecule has 10 heteroatoms. The number of sulfonamides is 1. The van der Waals surface area contributed by atoms with Crippen molar-refractivity contribution in [2.75, 3.05) is 11.9 Å². The Morgan fingerprint density at radius 3 is 2.12 bits per heavy atom. The van der Waals surface area contributed by atoms with Crippen molar-refractivity contribution < 1.29 is 17.9 Å². The van der Waals surface area contributed by atoms with Crippen LogP contribution in [0.1, 0.15) is 18.1 Å². The van der Waals surface area contributed by atoms with Gasteiger partial charge in [-0.25, -0.2) is 13.6 Å². The zero-order chi connectivity index (χ0) is 23.3. The van der Waals surface area contributed by atoms with Gasteiger partial charge in [0.05, 0.1) is 11.5 Å². The fourth-order valence-electron chi connectivity index (χ4n) is 2.87. The van der Waals surface area contributed by atoms with Crippen LogP contribution in [-0.4, -0.2) is 15.0 Å². The molecule has 0 aliphatic rings. The molecule has 0 unspecified atom stereocenters. The van der Waals surface area contributed by atoms with Gasteiger partial charge in [-0.1, -0.05) is 40.9 Å². The summed E-state index contributed by atoms with van der Waals surface area (Å²) in [6.07, 6.45) is 0. The van der Waals surface area contributed by atoms with E-state index in [1.165, 1.54) is 12.1 Å². The standard InChI is InChI=1S/C22H21Cl3N2O4S/c1-2-30-21-10-14(12-27-15-6-8-16(9-7-15)32(26,28)29)20(25)11-22(21)31-13-17-18(23)4-3-5-19(17)24/h3-11,27H,2,12-13H2,1H3,(H2,26,28,29). The fourth-order valence-corrected chi connectivity index (χ4v) is 4.12. The van der Waals surface area contributed by atoms with Crippen LogP contribution < -0.4 is 19.9 Å². The van der Waals surface area contributed by atoms with E-state index in [1.807, 2.05) is 6.92 Å². The van der Waals surface area contributed by atoms with Gasteiger partial charge in [-0.2, -0.15) is 0 Å². The van der Waals surface area contributed by atoms with E-state index in [0.29, 0.717) is 51.0 Å². The molecule has 170 valence electrons. The molecule has 0 saturated heterocycles. The minimum Gasteiger partial charge on any atom is -0.490 e. The fraction of sp³-hybridized carbons (Fsp3) is 0.182. The van der Waals surface area contributed by atoms with Crippen LogP contribution in [0.3, 0.4) is 0 Å². The number of primary sulfonamides is 1. The molecule has 0 radical (unpaired) electrons. The van der Waals surface area contributed by atoms with Crippen molar-refractivity contribution in [3.8, 4) is 11.5 Å². The summed E-state index contributed by atoms with van der Waals surface area (Å²) in [6, 6.07) is 14.8. The average Bonchev–Trinajstić information content (AvgIpc) is 2.74. The highest BCUT2D eigenvalue weighted by molar-refractivity contribution is 7.89. The van der Waals surface area contributed by atoms with Gasteiger partial charge < -0.3 is 14.8 Å². The molecular formula is C22H21Cl3N2O4S. The Morgan fingerprint density at radius 1 is 0.906 bits per heavy atom. The zero-order valence-electron chi connectivity index (χ0n) is 17.1. The maximum absolute atomic E-state index is 11.4. The van der Waals surface area contributed by atoms with Crippen molar-refractivity contribution in [2.24, 2.45) is 5.14 Å². The zero-order valence-corrected chi connectivity index (χ0v) is 20.2. The molecule has 0 spiro atoms. The van der Waals surface area contributed by atoms with Gasteiger partial charge in [0.15, 0.2) is 11.5 Å². The third-order valence-corrected chi connectivity index (χ3v) is 6.50. The highest BCUT2D eigenvalue weighted by atomic mass is 35.5. The summed E-state index contributed by atoms with van der Waals surface area (Å²) in [7, 11) is -3.74. The van der Waals surface area contributed by atoms with E-state index in [1.54, 1.807) is 42.5 Å². The van der Waals surface area contributed by atoms with Gasteiger partial charge in [0.1, 0.15) is 6.61 Å². The lowest BCUT2D eigenvalue weighted by Crippen LogP contribution is -2.12. The Balaban J connectivity index is 1.76. The van der Waals surface area contributed by atoms with Gasteiger partial charge in [-0.05, 0) is 55.0 Å². The van der Waals surface area contributed by atoms with Crippen LogP contribution in [0.4, 0.5) is 5.69 Å². The Bertz CT molecular complexity index is 1180. The Morgan fingerprint density at radius 2 is 1.53 bits per heavy atom. The highest BCUT2D eigenvalue weighted by Crippen LogP contribution is 2.35. The van der Waals surface area contributed by atoms with Crippen LogP contribution in [0.25, 0.3) is 0 Å². The second kappa shape index (κ2) is 10.6. The molecule has 0 aliphatic carbocycles. The first-order valence-electron chi connectivity index (χ1n) is 9.56. The van der Waals surface area contributed by atoms with E-state index in [4.69, 9.17) is 49.4 Å². The monoisotopic (exact) mass is 514 g/mol. The smallest absolute Gasteiger partial charge is 0.238 e. The van der Waals surface area contributed by atoms with Gasteiger partial charge in [-0.15, -0.1) is 0 Å². The lowest BCUT2D eigenvalue weighted by atomic mass is 10.2. The van der Waals surface area contributed by atoms with Gasteiger partial charge in [0, 0.05) is 38.9 Å². The Labute approximate surface area is 202 Å². The summed E-state index contributed by atoms with van der Waals surface area (Å²) in [5, 5.41) is 9.81. The van der Waals surface area contributed by atoms with Gasteiger partial charge in [0.2, 0.25) is 10.0 Å². The van der Waals surface area contributed by atoms with Gasteiger partial charge >= 0.3 is 0 Å². The number of hydrogen-bond donors (Lipinski definition) is 2. The van der Waals surface area contributed by atoms with Crippen LogP contribution in [0, 0.1) is 0 Å². The van der Waals surface area contributed by atoms with E-state index < -0.39 is 10.0 Å². The van der Waals surface area contributed by atoms with Crippen molar-refractivity contribution in [3.63, 3.8) is 0 Å². The third-order valence-electron chi connectivity index (χ3n) is 4.51. The molecular weight excluding hydrogens is 495 g/mol. The number of anilines is 1. The number of hydrogen-bond acceptors (Lipinski definition) is 5. The number of nitrogens with two attached hydrogens (primary N) is 1. The second-order valence-corrected chi connectivity index (χ2v) is 9.52. The predicted molar refractivity (Wildman–Crippen MR) is 129 cm³/mol. The second-order valence-electron chi connectivity index (χ2n) is 6.74. The topological polar surface area (TPSA) is 90.6 Å². The Kier molecular flexibility index (Phi) is 8.14. The van der Waals surface area contributed by atoms with E-state index in [9.17, 15) is 8.42 Å². The summed E-state index contributed by atoms with van der Waals surface area (Å²) >= 11 is 18.9. The van der Waals surface area contributed by atoms with Crippen molar-refractivity contribution >= 4 is 50.5 Å². The van der Waals surface area contributed by atoms with Crippen LogP contribution >= 0.6 is 34.8 Å². The van der Waals surface area contributed by atoms with Crippen molar-refractivity contribution in [1.82, 2.24) is 0 Å². The van der Waals surface area contributed by atoms with Crippen LogP contribution in [0.15, 0.2) is 59.5 Å². The molecule has 0 aromatic heterocycles. The lowest BCUT2D eigenvalue weighted by molar-refractivity contribution is 0.269. The first-order chi connectivity index (χ1) is 15.2. The van der Waals surface area contributed by atoms with Crippen molar-refractivity contribution in [3.05, 3.63) is 80.8 Å². The maximum atomic E-state index is 11.4. The average molecular weight is 516 g/mol. The summed E-state index contributed by atoms with van der Waals surface area (Å²) in [5.74, 6) is 0.996.